The smallest absolute Gasteiger partial charge is 0.328 e. The second kappa shape index (κ2) is 15.5. The molecule has 1 atom stereocenters. The van der Waals surface area contributed by atoms with Crippen LogP contribution in [0.2, 0.25) is 60.9 Å². The zero-order valence-electron chi connectivity index (χ0n) is 22.0. The zero-order valence-corrected chi connectivity index (χ0v) is 29.1. The van der Waals surface area contributed by atoms with Crippen molar-refractivity contribution in [1.82, 2.24) is 0 Å². The Kier molecular flexibility index (Phi) is 14.3. The van der Waals surface area contributed by atoms with Gasteiger partial charge in [-0.05, 0) is 18.6 Å². The second-order valence-corrected chi connectivity index (χ2v) is 27.1. The van der Waals surface area contributed by atoms with E-state index in [0.717, 1.165) is 22.6 Å². The predicted octanol–water partition coefficient (Wildman–Crippen LogP) is 5.79. The van der Waals surface area contributed by atoms with Gasteiger partial charge in [0.1, 0.15) is 10.5 Å². The summed E-state index contributed by atoms with van der Waals surface area (Å²) in [7, 11) is -12.1. The Hall–Kier alpha value is -0.719. The Morgan fingerprint density at radius 1 is 0.571 bits per heavy atom. The lowest BCUT2D eigenvalue weighted by molar-refractivity contribution is 0.219. The first kappa shape index (κ1) is 32.3. The molecular weight excluding hydrogens is 537 g/mol. The Balaban J connectivity index is 3.87. The Bertz CT molecular complexity index is 691. The highest BCUT2D eigenvalue weighted by molar-refractivity contribution is 6.95. The van der Waals surface area contributed by atoms with Gasteiger partial charge in [-0.15, -0.1) is 46.1 Å². The van der Waals surface area contributed by atoms with Crippen molar-refractivity contribution < 1.29 is 20.6 Å². The molecule has 0 radical (unpaired) electrons. The van der Waals surface area contributed by atoms with E-state index in [9.17, 15) is 0 Å². The van der Waals surface area contributed by atoms with E-state index in [1.165, 1.54) is 0 Å². The van der Waals surface area contributed by atoms with Crippen molar-refractivity contribution in [3.63, 3.8) is 0 Å². The number of allylic oxidation sites excluding steroid dienone is 7. The highest BCUT2D eigenvalue weighted by Gasteiger charge is 2.60. The van der Waals surface area contributed by atoms with Gasteiger partial charge in [0, 0.05) is 42.3 Å². The van der Waals surface area contributed by atoms with Crippen LogP contribution in [-0.2, 0) is 20.6 Å². The fourth-order valence-electron chi connectivity index (χ4n) is 4.56. The lowest BCUT2D eigenvalue weighted by Gasteiger charge is -2.53. The van der Waals surface area contributed by atoms with E-state index in [4.69, 9.17) is 20.6 Å². The van der Waals surface area contributed by atoms with Crippen LogP contribution in [0.15, 0.2) is 88.6 Å². The molecule has 1 heterocycles. The van der Waals surface area contributed by atoms with Crippen LogP contribution in [0.5, 0.6) is 0 Å². The van der Waals surface area contributed by atoms with Gasteiger partial charge in [-0.25, -0.2) is 0 Å². The molecule has 0 aromatic rings. The summed E-state index contributed by atoms with van der Waals surface area (Å²) < 4.78 is 35.0. The van der Waals surface area contributed by atoms with Crippen molar-refractivity contribution in [3.8, 4) is 0 Å². The van der Waals surface area contributed by atoms with Crippen LogP contribution in [0.1, 0.15) is 0 Å². The zero-order chi connectivity index (χ0) is 26.4. The molecule has 196 valence electrons. The van der Waals surface area contributed by atoms with Crippen LogP contribution in [-0.4, -0.2) is 53.8 Å². The third-order valence-corrected chi connectivity index (χ3v) is 30.2. The van der Waals surface area contributed by atoms with Gasteiger partial charge >= 0.3 is 34.2 Å². The van der Waals surface area contributed by atoms with Gasteiger partial charge in [0.2, 0.25) is 0 Å². The monoisotopic (exact) mass is 582 g/mol. The molecule has 0 saturated carbocycles. The van der Waals surface area contributed by atoms with Gasteiger partial charge in [-0.2, -0.15) is 0 Å². The number of hydrogen-bond donors (Lipinski definition) is 0. The van der Waals surface area contributed by atoms with Crippen LogP contribution < -0.4 is 0 Å². The van der Waals surface area contributed by atoms with Crippen molar-refractivity contribution >= 4 is 53.8 Å². The van der Waals surface area contributed by atoms with Crippen LogP contribution >= 0.6 is 0 Å². The molecule has 1 aliphatic heterocycles. The third kappa shape index (κ3) is 9.27. The van der Waals surface area contributed by atoms with E-state index < -0.39 is 43.3 Å². The molecule has 0 amide bonds. The van der Waals surface area contributed by atoms with Crippen molar-refractivity contribution in [2.75, 3.05) is 0 Å². The minimum absolute atomic E-state index is 0.617. The average Bonchev–Trinajstić information content (AvgIpc) is 2.78. The largest absolute Gasteiger partial charge is 0.466 e. The molecule has 1 aliphatic rings. The van der Waals surface area contributed by atoms with Gasteiger partial charge in [-0.1, -0.05) is 42.5 Å². The SMILES string of the molecule is C=CC[Si]1(CC=C)O[Si](CC=C)(CC=C)O[Si](CC=C)(CC[SiH](C)O[SiH3])O[Si](CC=C)(CC=C)O1. The molecule has 1 unspecified atom stereocenters. The van der Waals surface area contributed by atoms with Gasteiger partial charge in [0.15, 0.2) is 9.04 Å². The quantitative estimate of drug-likeness (QED) is 0.151. The van der Waals surface area contributed by atoms with E-state index in [0.29, 0.717) is 42.3 Å². The van der Waals surface area contributed by atoms with Crippen LogP contribution in [0, 0.1) is 0 Å². The van der Waals surface area contributed by atoms with Crippen molar-refractivity contribution in [2.45, 2.75) is 60.9 Å². The lowest BCUT2D eigenvalue weighted by Crippen LogP contribution is -2.69. The van der Waals surface area contributed by atoms with Gasteiger partial charge in [-0.3, -0.25) is 0 Å². The lowest BCUT2D eigenvalue weighted by atomic mass is 10.7. The van der Waals surface area contributed by atoms with Crippen LogP contribution in [0.3, 0.4) is 0 Å². The Morgan fingerprint density at radius 3 is 1.09 bits per heavy atom. The summed E-state index contributed by atoms with van der Waals surface area (Å²) in [5.74, 6) is 0. The van der Waals surface area contributed by atoms with Crippen molar-refractivity contribution in [3.05, 3.63) is 88.6 Å². The first-order valence-electron chi connectivity index (χ1n) is 12.3. The molecule has 0 aromatic heterocycles. The maximum absolute atomic E-state index is 7.33. The Morgan fingerprint density at radius 2 is 0.829 bits per heavy atom. The maximum atomic E-state index is 7.33. The maximum Gasteiger partial charge on any atom is 0.328 e. The van der Waals surface area contributed by atoms with Crippen LogP contribution in [0.4, 0.5) is 0 Å². The molecule has 0 spiro atoms. The summed E-state index contributed by atoms with van der Waals surface area (Å²) in [6.07, 6.45) is 13.3. The topological polar surface area (TPSA) is 46.2 Å². The standard InChI is InChI=1S/C24H46O5Si6/c1-9-17-32(18-10-2)26-33(19-11-3,20-12-4)28-35(23-15-7,24-16-31(8)25-30)29-34(27-32,21-13-5)22-14-6/h9-15,31H,1-7,16-24H2,8,30H3. The molecule has 1 saturated heterocycles. The van der Waals surface area contributed by atoms with E-state index in [2.05, 4.69) is 52.6 Å². The molecule has 35 heavy (non-hydrogen) atoms. The first-order chi connectivity index (χ1) is 16.7. The summed E-state index contributed by atoms with van der Waals surface area (Å²) in [4.78, 5) is 0. The minimum Gasteiger partial charge on any atom is -0.466 e. The molecule has 0 N–H and O–H groups in total. The fourth-order valence-corrected chi connectivity index (χ4v) is 31.2. The van der Waals surface area contributed by atoms with Gasteiger partial charge in [0.25, 0.3) is 0 Å². The van der Waals surface area contributed by atoms with Crippen molar-refractivity contribution in [2.24, 2.45) is 0 Å². The normalized spacial score (nSPS) is 20.9. The first-order valence-corrected chi connectivity index (χ1v) is 24.5. The molecule has 0 aliphatic carbocycles. The minimum atomic E-state index is -2.89. The van der Waals surface area contributed by atoms with Gasteiger partial charge in [0.05, 0.1) is 0 Å². The summed E-state index contributed by atoms with van der Waals surface area (Å²) >= 11 is 0. The number of hydrogen-bond acceptors (Lipinski definition) is 5. The summed E-state index contributed by atoms with van der Waals surface area (Å²) in [5, 5.41) is 0. The fraction of sp³-hybridized carbons (Fsp3) is 0.417. The molecule has 1 fully saturated rings. The predicted molar refractivity (Wildman–Crippen MR) is 166 cm³/mol. The third-order valence-electron chi connectivity index (χ3n) is 6.01. The molecule has 11 heteroatoms. The molecule has 0 aromatic carbocycles. The van der Waals surface area contributed by atoms with E-state index in [1.54, 1.807) is 0 Å². The summed E-state index contributed by atoms with van der Waals surface area (Å²) in [6, 6.07) is 6.20. The number of rotatable bonds is 18. The molecule has 0 bridgehead atoms. The van der Waals surface area contributed by atoms with Crippen molar-refractivity contribution in [1.29, 1.82) is 0 Å². The molecule has 1 rings (SSSR count). The highest BCUT2D eigenvalue weighted by atomic mass is 28.5. The van der Waals surface area contributed by atoms with Crippen LogP contribution in [0.25, 0.3) is 0 Å². The second-order valence-electron chi connectivity index (χ2n) is 9.09. The summed E-state index contributed by atoms with van der Waals surface area (Å²) in [6.45, 7) is 30.6. The highest BCUT2D eigenvalue weighted by Crippen LogP contribution is 2.43. The molecular formula is C24H46O5Si6. The van der Waals surface area contributed by atoms with E-state index >= 15 is 0 Å². The van der Waals surface area contributed by atoms with E-state index in [-0.39, 0.29) is 0 Å². The van der Waals surface area contributed by atoms with Gasteiger partial charge < -0.3 is 20.6 Å². The van der Waals surface area contributed by atoms with E-state index in [1.807, 2.05) is 42.5 Å². The Labute approximate surface area is 223 Å². The average molecular weight is 583 g/mol. The summed E-state index contributed by atoms with van der Waals surface area (Å²) in [5.41, 5.74) is 0. The molecule has 5 nitrogen and oxygen atoms in total.